The molecule has 0 saturated heterocycles. The number of unbranched alkanes of at least 4 members (excludes halogenated alkanes) is 2. The molecule has 17 heavy (non-hydrogen) atoms. The molecule has 0 aliphatic carbocycles. The molecule has 0 atom stereocenters. The summed E-state index contributed by atoms with van der Waals surface area (Å²) < 4.78 is 5.80. The maximum atomic E-state index is 5.80. The average Bonchev–Trinajstić information content (AvgIpc) is 2.24. The zero-order valence-corrected chi connectivity index (χ0v) is 12.8. The number of hydrogen-bond acceptors (Lipinski definition) is 4. The molecule has 0 rings (SSSR count). The summed E-state index contributed by atoms with van der Waals surface area (Å²) in [4.78, 5) is 0. The van der Waals surface area contributed by atoms with Crippen LogP contribution in [-0.4, -0.2) is 47.6 Å². The minimum absolute atomic E-state index is 0.719. The van der Waals surface area contributed by atoms with Crippen molar-refractivity contribution in [2.45, 2.75) is 38.9 Å². The first-order valence-electron chi connectivity index (χ1n) is 6.82. The number of rotatable bonds is 12. The summed E-state index contributed by atoms with van der Waals surface area (Å²) in [5, 5.41) is 6.68. The molecule has 0 spiro atoms. The van der Waals surface area contributed by atoms with Crippen molar-refractivity contribution in [3.05, 3.63) is 0 Å². The molecule has 0 radical (unpaired) electrons. The van der Waals surface area contributed by atoms with Crippen LogP contribution in [0.1, 0.15) is 19.3 Å². The Morgan fingerprint density at radius 2 is 1.53 bits per heavy atom. The van der Waals surface area contributed by atoms with Gasteiger partial charge in [0.05, 0.1) is 0 Å². The molecular weight excluding hydrogens is 230 g/mol. The van der Waals surface area contributed by atoms with E-state index in [4.69, 9.17) is 10.2 Å². The molecule has 0 fully saturated rings. The van der Waals surface area contributed by atoms with Crippen LogP contribution < -0.4 is 16.4 Å². The normalized spacial score (nSPS) is 12.0. The van der Waals surface area contributed by atoms with Gasteiger partial charge in [0.2, 0.25) is 0 Å². The van der Waals surface area contributed by atoms with Gasteiger partial charge in [-0.1, -0.05) is 0 Å². The summed E-state index contributed by atoms with van der Waals surface area (Å²) in [5.41, 5.74) is 5.38. The highest BCUT2D eigenvalue weighted by Crippen LogP contribution is 2.04. The lowest BCUT2D eigenvalue weighted by molar-refractivity contribution is 0.299. The number of hydrogen-bond donors (Lipinski definition) is 3. The Bertz CT molecular complexity index is 162. The van der Waals surface area contributed by atoms with Crippen molar-refractivity contribution < 1.29 is 4.43 Å². The van der Waals surface area contributed by atoms with Gasteiger partial charge in [-0.05, 0) is 45.4 Å². The molecule has 4 N–H and O–H groups in total. The second kappa shape index (κ2) is 11.2. The van der Waals surface area contributed by atoms with Crippen molar-refractivity contribution in [1.82, 2.24) is 10.6 Å². The van der Waals surface area contributed by atoms with Gasteiger partial charge in [-0.2, -0.15) is 0 Å². The molecule has 0 bridgehead atoms. The Morgan fingerprint density at radius 1 is 0.882 bits per heavy atom. The molecule has 0 aromatic rings. The van der Waals surface area contributed by atoms with Crippen molar-refractivity contribution in [2.24, 2.45) is 5.73 Å². The molecule has 0 unspecified atom stereocenters. The summed E-state index contributed by atoms with van der Waals surface area (Å²) >= 11 is 0. The fraction of sp³-hybridized carbons (Fsp3) is 1.00. The van der Waals surface area contributed by atoms with E-state index in [0.29, 0.717) is 0 Å². The van der Waals surface area contributed by atoms with Crippen molar-refractivity contribution in [3.63, 3.8) is 0 Å². The Labute approximate surface area is 108 Å². The Balaban J connectivity index is 2.99. The monoisotopic (exact) mass is 261 g/mol. The fourth-order valence-electron chi connectivity index (χ4n) is 1.44. The Hall–Kier alpha value is 0.0569. The molecule has 4 nitrogen and oxygen atoms in total. The van der Waals surface area contributed by atoms with Crippen LogP contribution >= 0.6 is 0 Å². The van der Waals surface area contributed by atoms with Gasteiger partial charge >= 0.3 is 0 Å². The molecule has 0 saturated carbocycles. The Kier molecular flexibility index (Phi) is 11.2. The lowest BCUT2D eigenvalue weighted by Gasteiger charge is -2.16. The van der Waals surface area contributed by atoms with Crippen LogP contribution in [0.3, 0.4) is 0 Å². The van der Waals surface area contributed by atoms with E-state index in [9.17, 15) is 0 Å². The third-order valence-corrected chi connectivity index (χ3v) is 3.40. The molecule has 0 aliphatic heterocycles. The average molecular weight is 261 g/mol. The van der Waals surface area contributed by atoms with Gasteiger partial charge in [-0.15, -0.1) is 0 Å². The summed E-state index contributed by atoms with van der Waals surface area (Å²) in [6, 6.07) is 0. The summed E-state index contributed by atoms with van der Waals surface area (Å²) in [6.07, 6.45) is 3.69. The van der Waals surface area contributed by atoms with Gasteiger partial charge in [0.25, 0.3) is 0 Å². The van der Waals surface area contributed by atoms with Crippen LogP contribution in [-0.2, 0) is 4.43 Å². The molecule has 0 aliphatic rings. The predicted molar refractivity (Wildman–Crippen MR) is 77.9 cm³/mol. The lowest BCUT2D eigenvalue weighted by Crippen LogP contribution is -2.31. The molecule has 0 amide bonds. The molecule has 104 valence electrons. The van der Waals surface area contributed by atoms with Crippen molar-refractivity contribution in [3.8, 4) is 0 Å². The van der Waals surface area contributed by atoms with Crippen LogP contribution in [0.5, 0.6) is 0 Å². The maximum Gasteiger partial charge on any atom is 0.183 e. The van der Waals surface area contributed by atoms with Crippen LogP contribution in [0.15, 0.2) is 0 Å². The summed E-state index contributed by atoms with van der Waals surface area (Å²) in [6.45, 7) is 12.4. The standard InChI is InChI=1S/C12H31N3OSi/c1-17(2,3)16-12-6-4-5-8-14-10-11-15-9-7-13/h14-15H,4-13H2,1-3H3. The molecule has 0 heterocycles. The second-order valence-corrected chi connectivity index (χ2v) is 9.82. The van der Waals surface area contributed by atoms with Gasteiger partial charge in [0.15, 0.2) is 8.32 Å². The number of nitrogens with two attached hydrogens (primary N) is 1. The van der Waals surface area contributed by atoms with Gasteiger partial charge in [-0.3, -0.25) is 0 Å². The molecule has 0 aromatic heterocycles. The van der Waals surface area contributed by atoms with E-state index in [-0.39, 0.29) is 0 Å². The summed E-state index contributed by atoms with van der Waals surface area (Å²) in [7, 11) is -1.29. The molecule has 5 heteroatoms. The van der Waals surface area contributed by atoms with Crippen molar-refractivity contribution >= 4 is 8.32 Å². The van der Waals surface area contributed by atoms with Gasteiger partial charge in [-0.25, -0.2) is 0 Å². The van der Waals surface area contributed by atoms with Crippen LogP contribution in [0.2, 0.25) is 19.6 Å². The third kappa shape index (κ3) is 16.1. The molecular formula is C12H31N3OSi. The van der Waals surface area contributed by atoms with Crippen LogP contribution in [0.25, 0.3) is 0 Å². The quantitative estimate of drug-likeness (QED) is 0.364. The number of nitrogens with one attached hydrogen (secondary N) is 2. The van der Waals surface area contributed by atoms with Gasteiger partial charge < -0.3 is 20.8 Å². The topological polar surface area (TPSA) is 59.3 Å². The third-order valence-electron chi connectivity index (χ3n) is 2.33. The minimum Gasteiger partial charge on any atom is -0.418 e. The highest BCUT2D eigenvalue weighted by atomic mass is 28.4. The fourth-order valence-corrected chi connectivity index (χ4v) is 2.19. The largest absolute Gasteiger partial charge is 0.418 e. The zero-order valence-electron chi connectivity index (χ0n) is 11.8. The predicted octanol–water partition coefficient (Wildman–Crippen LogP) is 1.15. The van der Waals surface area contributed by atoms with Crippen LogP contribution in [0.4, 0.5) is 0 Å². The first-order valence-corrected chi connectivity index (χ1v) is 10.2. The smallest absolute Gasteiger partial charge is 0.183 e. The van der Waals surface area contributed by atoms with E-state index < -0.39 is 8.32 Å². The highest BCUT2D eigenvalue weighted by Gasteiger charge is 2.12. The van der Waals surface area contributed by atoms with E-state index in [0.717, 1.165) is 39.3 Å². The SMILES string of the molecule is C[Si](C)(C)OCCCCCNCCNCCN. The van der Waals surface area contributed by atoms with Gasteiger partial charge in [0, 0.05) is 32.8 Å². The first kappa shape index (κ1) is 17.1. The van der Waals surface area contributed by atoms with E-state index in [1.807, 2.05) is 0 Å². The highest BCUT2D eigenvalue weighted by molar-refractivity contribution is 6.69. The lowest BCUT2D eigenvalue weighted by atomic mass is 10.2. The minimum atomic E-state index is -1.29. The first-order chi connectivity index (χ1) is 8.06. The zero-order chi connectivity index (χ0) is 13.0. The van der Waals surface area contributed by atoms with Gasteiger partial charge in [0.1, 0.15) is 0 Å². The maximum absolute atomic E-state index is 5.80. The summed E-state index contributed by atoms with van der Waals surface area (Å²) in [5.74, 6) is 0. The van der Waals surface area contributed by atoms with Crippen LogP contribution in [0, 0.1) is 0 Å². The molecule has 0 aromatic carbocycles. The van der Waals surface area contributed by atoms with E-state index >= 15 is 0 Å². The van der Waals surface area contributed by atoms with E-state index in [1.165, 1.54) is 19.3 Å². The van der Waals surface area contributed by atoms with Crippen molar-refractivity contribution in [1.29, 1.82) is 0 Å². The van der Waals surface area contributed by atoms with E-state index in [1.54, 1.807) is 0 Å². The Morgan fingerprint density at radius 3 is 2.12 bits per heavy atom. The van der Waals surface area contributed by atoms with Crippen molar-refractivity contribution in [2.75, 3.05) is 39.3 Å². The second-order valence-electron chi connectivity index (χ2n) is 5.31. The van der Waals surface area contributed by atoms with E-state index in [2.05, 4.69) is 30.3 Å².